The predicted octanol–water partition coefficient (Wildman–Crippen LogP) is 2.31. The third-order valence-electron chi connectivity index (χ3n) is 3.69. The van der Waals surface area contributed by atoms with Crippen LogP contribution in [0.15, 0.2) is 30.3 Å². The van der Waals surface area contributed by atoms with E-state index in [1.807, 2.05) is 6.92 Å². The zero-order valence-corrected chi connectivity index (χ0v) is 11.2. The number of carbonyl (C=O) groups is 2. The molecule has 2 aromatic rings. The third-order valence-corrected chi connectivity index (χ3v) is 3.69. The highest BCUT2D eigenvalue weighted by Crippen LogP contribution is 2.33. The van der Waals surface area contributed by atoms with E-state index in [-0.39, 0.29) is 17.6 Å². The van der Waals surface area contributed by atoms with E-state index in [1.165, 1.54) is 17.0 Å². The zero-order valence-electron chi connectivity index (χ0n) is 11.2. The average Bonchev–Trinajstić information content (AvgIpc) is 2.46. The van der Waals surface area contributed by atoms with Crippen LogP contribution >= 0.6 is 0 Å². The monoisotopic (exact) mass is 268 g/mol. The molecule has 0 unspecified atom stereocenters. The second kappa shape index (κ2) is 4.63. The van der Waals surface area contributed by atoms with Crippen molar-refractivity contribution in [2.75, 3.05) is 6.54 Å². The first-order chi connectivity index (χ1) is 9.65. The lowest BCUT2D eigenvalue weighted by atomic mass is 9.93. The van der Waals surface area contributed by atoms with E-state index in [2.05, 4.69) is 0 Å². The molecular weight excluding hydrogens is 254 g/mol. The molecule has 0 spiro atoms. The number of carbonyl (C=O) groups excluding carboxylic acids is 2. The molecule has 102 valence electrons. The van der Waals surface area contributed by atoms with Gasteiger partial charge in [-0.2, -0.15) is 0 Å². The summed E-state index contributed by atoms with van der Waals surface area (Å²) in [6.45, 7) is 2.43. The van der Waals surface area contributed by atoms with Gasteiger partial charge in [0.05, 0.1) is 0 Å². The minimum absolute atomic E-state index is 0.159. The van der Waals surface area contributed by atoms with Crippen LogP contribution in [0.4, 0.5) is 0 Å². The molecule has 0 fully saturated rings. The van der Waals surface area contributed by atoms with Crippen molar-refractivity contribution < 1.29 is 14.7 Å². The fourth-order valence-electron chi connectivity index (χ4n) is 2.64. The molecular formula is C16H14NO3-. The van der Waals surface area contributed by atoms with Crippen LogP contribution in [0.5, 0.6) is 5.75 Å². The standard InChI is InChI=1S/C16H15NO3/c1-2-3-9-17-15(19)11-6-4-5-10-13(18)8-7-12(14(10)11)16(17)20/h4-8,18H,2-3,9H2,1H3/p-1. The van der Waals surface area contributed by atoms with Crippen LogP contribution in [0.3, 0.4) is 0 Å². The Labute approximate surface area is 116 Å². The van der Waals surface area contributed by atoms with Gasteiger partial charge in [-0.1, -0.05) is 31.5 Å². The Morgan fingerprint density at radius 2 is 1.75 bits per heavy atom. The number of unbranched alkanes of at least 4 members (excludes halogenated alkanes) is 1. The Morgan fingerprint density at radius 3 is 2.45 bits per heavy atom. The van der Waals surface area contributed by atoms with Crippen molar-refractivity contribution in [2.45, 2.75) is 19.8 Å². The van der Waals surface area contributed by atoms with Crippen LogP contribution in [0.25, 0.3) is 10.8 Å². The van der Waals surface area contributed by atoms with Crippen LogP contribution < -0.4 is 5.11 Å². The molecule has 2 aromatic carbocycles. The van der Waals surface area contributed by atoms with Crippen molar-refractivity contribution in [1.82, 2.24) is 4.90 Å². The highest BCUT2D eigenvalue weighted by molar-refractivity contribution is 6.26. The van der Waals surface area contributed by atoms with Crippen molar-refractivity contribution in [1.29, 1.82) is 0 Å². The normalized spacial score (nSPS) is 14.2. The molecule has 4 nitrogen and oxygen atoms in total. The Balaban J connectivity index is 2.23. The Hall–Kier alpha value is -2.36. The highest BCUT2D eigenvalue weighted by Gasteiger charge is 2.31. The van der Waals surface area contributed by atoms with Crippen LogP contribution in [0.1, 0.15) is 40.5 Å². The van der Waals surface area contributed by atoms with Gasteiger partial charge in [0.15, 0.2) is 0 Å². The van der Waals surface area contributed by atoms with Gasteiger partial charge in [0, 0.05) is 23.1 Å². The maximum Gasteiger partial charge on any atom is 0.261 e. The van der Waals surface area contributed by atoms with Gasteiger partial charge >= 0.3 is 0 Å². The molecule has 0 aliphatic carbocycles. The molecule has 0 radical (unpaired) electrons. The quantitative estimate of drug-likeness (QED) is 0.802. The number of hydrogen-bond acceptors (Lipinski definition) is 3. The van der Waals surface area contributed by atoms with Crippen molar-refractivity contribution >= 4 is 22.6 Å². The smallest absolute Gasteiger partial charge is 0.261 e. The highest BCUT2D eigenvalue weighted by atomic mass is 16.3. The Morgan fingerprint density at radius 1 is 1.05 bits per heavy atom. The fourth-order valence-corrected chi connectivity index (χ4v) is 2.64. The summed E-state index contributed by atoms with van der Waals surface area (Å²) in [6.07, 6.45) is 1.69. The van der Waals surface area contributed by atoms with Crippen LogP contribution in [-0.2, 0) is 0 Å². The molecule has 20 heavy (non-hydrogen) atoms. The van der Waals surface area contributed by atoms with Crippen LogP contribution in [0.2, 0.25) is 0 Å². The Bertz CT molecular complexity index is 699. The topological polar surface area (TPSA) is 60.4 Å². The van der Waals surface area contributed by atoms with E-state index in [9.17, 15) is 14.7 Å². The largest absolute Gasteiger partial charge is 0.872 e. The molecule has 1 aliphatic heterocycles. The minimum atomic E-state index is -0.299. The molecule has 0 bridgehead atoms. The van der Waals surface area contributed by atoms with Crippen molar-refractivity contribution in [3.05, 3.63) is 41.5 Å². The van der Waals surface area contributed by atoms with Crippen molar-refractivity contribution in [3.8, 4) is 5.75 Å². The summed E-state index contributed by atoms with van der Waals surface area (Å²) in [5.74, 6) is -0.757. The molecule has 3 rings (SSSR count). The SMILES string of the molecule is CCCCN1C(=O)c2cccc3c([O-])ccc(c23)C1=O. The van der Waals surface area contributed by atoms with Gasteiger partial charge in [-0.3, -0.25) is 14.5 Å². The molecule has 0 saturated heterocycles. The summed E-state index contributed by atoms with van der Waals surface area (Å²) in [6, 6.07) is 7.95. The van der Waals surface area contributed by atoms with E-state index in [1.54, 1.807) is 18.2 Å². The van der Waals surface area contributed by atoms with Gasteiger partial charge < -0.3 is 5.11 Å². The van der Waals surface area contributed by atoms with E-state index < -0.39 is 0 Å². The second-order valence-electron chi connectivity index (χ2n) is 4.95. The third kappa shape index (κ3) is 1.68. The maximum atomic E-state index is 12.4. The molecule has 0 N–H and O–H groups in total. The van der Waals surface area contributed by atoms with Crippen molar-refractivity contribution in [2.24, 2.45) is 0 Å². The maximum absolute atomic E-state index is 12.4. The van der Waals surface area contributed by atoms with E-state index in [4.69, 9.17) is 0 Å². The molecule has 1 aliphatic rings. The van der Waals surface area contributed by atoms with E-state index in [0.29, 0.717) is 28.4 Å². The molecule has 4 heteroatoms. The van der Waals surface area contributed by atoms with Gasteiger partial charge in [0.25, 0.3) is 11.8 Å². The average molecular weight is 268 g/mol. The number of benzene rings is 2. The summed E-state index contributed by atoms with van der Waals surface area (Å²) >= 11 is 0. The van der Waals surface area contributed by atoms with Crippen LogP contribution in [0, 0.1) is 0 Å². The number of rotatable bonds is 3. The molecule has 1 heterocycles. The first kappa shape index (κ1) is 12.7. The van der Waals surface area contributed by atoms with Crippen molar-refractivity contribution in [3.63, 3.8) is 0 Å². The lowest BCUT2D eigenvalue weighted by Gasteiger charge is -2.28. The fraction of sp³-hybridized carbons (Fsp3) is 0.250. The number of imide groups is 1. The molecule has 0 saturated carbocycles. The minimum Gasteiger partial charge on any atom is -0.872 e. The summed E-state index contributed by atoms with van der Waals surface area (Å²) in [7, 11) is 0. The lowest BCUT2D eigenvalue weighted by Crippen LogP contribution is -2.40. The molecule has 0 aromatic heterocycles. The summed E-state index contributed by atoms with van der Waals surface area (Å²) in [5.41, 5.74) is 0.900. The molecule has 0 atom stereocenters. The van der Waals surface area contributed by atoms with Gasteiger partial charge in [-0.15, -0.1) is 5.75 Å². The van der Waals surface area contributed by atoms with Gasteiger partial charge in [0.1, 0.15) is 0 Å². The van der Waals surface area contributed by atoms with Crippen LogP contribution in [-0.4, -0.2) is 23.3 Å². The Kier molecular flexibility index (Phi) is 2.93. The predicted molar refractivity (Wildman–Crippen MR) is 73.7 cm³/mol. The lowest BCUT2D eigenvalue weighted by molar-refractivity contribution is -0.265. The number of hydrogen-bond donors (Lipinski definition) is 0. The summed E-state index contributed by atoms with van der Waals surface area (Å²) in [4.78, 5) is 26.2. The van der Waals surface area contributed by atoms with E-state index in [0.717, 1.165) is 12.8 Å². The summed E-state index contributed by atoms with van der Waals surface area (Å²) < 4.78 is 0. The number of nitrogens with zero attached hydrogens (tertiary/aromatic N) is 1. The molecule has 2 amide bonds. The van der Waals surface area contributed by atoms with E-state index >= 15 is 0 Å². The van der Waals surface area contributed by atoms with Gasteiger partial charge in [0.2, 0.25) is 0 Å². The second-order valence-corrected chi connectivity index (χ2v) is 4.95. The first-order valence-corrected chi connectivity index (χ1v) is 6.74. The number of amides is 2. The first-order valence-electron chi connectivity index (χ1n) is 6.74. The van der Waals surface area contributed by atoms with Gasteiger partial charge in [-0.25, -0.2) is 0 Å². The summed E-state index contributed by atoms with van der Waals surface area (Å²) in [5, 5.41) is 12.8. The zero-order chi connectivity index (χ0) is 14.3. The van der Waals surface area contributed by atoms with Gasteiger partial charge in [-0.05, 0) is 23.9 Å².